The fourth-order valence-electron chi connectivity index (χ4n) is 2.62. The zero-order valence-corrected chi connectivity index (χ0v) is 12.5. The zero-order valence-electron chi connectivity index (χ0n) is 11.8. The predicted octanol–water partition coefficient (Wildman–Crippen LogP) is 2.13. The lowest BCUT2D eigenvalue weighted by atomic mass is 10.0. The van der Waals surface area contributed by atoms with Crippen molar-refractivity contribution in [3.8, 4) is 0 Å². The van der Waals surface area contributed by atoms with Crippen LogP contribution in [0.15, 0.2) is 17.1 Å². The van der Waals surface area contributed by atoms with Crippen molar-refractivity contribution >= 4 is 34.2 Å². The lowest BCUT2D eigenvalue weighted by Gasteiger charge is -2.14. The van der Waals surface area contributed by atoms with E-state index in [2.05, 4.69) is 10.3 Å². The highest BCUT2D eigenvalue weighted by molar-refractivity contribution is 6.35. The summed E-state index contributed by atoms with van der Waals surface area (Å²) < 4.78 is 0. The van der Waals surface area contributed by atoms with Crippen LogP contribution in [0.2, 0.25) is 5.02 Å². The Labute approximate surface area is 131 Å². The van der Waals surface area contributed by atoms with Gasteiger partial charge in [-0.25, -0.2) is 4.79 Å². The quantitative estimate of drug-likeness (QED) is 0.674. The van der Waals surface area contributed by atoms with Gasteiger partial charge < -0.3 is 21.1 Å². The van der Waals surface area contributed by atoms with Crippen LogP contribution in [0.5, 0.6) is 0 Å². The molecule has 1 aliphatic rings. The minimum Gasteiger partial charge on any atom is -0.477 e. The second-order valence-electron chi connectivity index (χ2n) is 5.40. The van der Waals surface area contributed by atoms with Crippen LogP contribution in [0.1, 0.15) is 34.7 Å². The maximum absolute atomic E-state index is 12.4. The lowest BCUT2D eigenvalue weighted by molar-refractivity contribution is 0.0695. The van der Waals surface area contributed by atoms with Crippen molar-refractivity contribution in [2.75, 3.05) is 18.4 Å². The van der Waals surface area contributed by atoms with E-state index in [-0.39, 0.29) is 5.56 Å². The monoisotopic (exact) mass is 321 g/mol. The molecule has 1 aliphatic carbocycles. The Balaban J connectivity index is 2.29. The number of nitrogens with one attached hydrogen (secondary N) is 2. The Kier molecular flexibility index (Phi) is 3.80. The maximum atomic E-state index is 12.4. The van der Waals surface area contributed by atoms with Gasteiger partial charge in [0.2, 0.25) is 5.43 Å². The Hall–Kier alpha value is -2.05. The van der Waals surface area contributed by atoms with Crippen molar-refractivity contribution in [1.82, 2.24) is 4.98 Å². The van der Waals surface area contributed by atoms with Gasteiger partial charge in [-0.15, -0.1) is 0 Å². The van der Waals surface area contributed by atoms with Gasteiger partial charge in [-0.05, 0) is 24.8 Å². The molecule has 0 aliphatic heterocycles. The molecule has 6 nitrogen and oxygen atoms in total. The van der Waals surface area contributed by atoms with Crippen molar-refractivity contribution in [3.63, 3.8) is 0 Å². The molecule has 0 amide bonds. The summed E-state index contributed by atoms with van der Waals surface area (Å²) >= 11 is 6.47. The van der Waals surface area contributed by atoms with Crippen LogP contribution in [0.3, 0.4) is 0 Å². The molecule has 0 saturated heterocycles. The van der Waals surface area contributed by atoms with Gasteiger partial charge in [-0.2, -0.15) is 0 Å². The van der Waals surface area contributed by atoms with Crippen molar-refractivity contribution in [3.05, 3.63) is 38.6 Å². The van der Waals surface area contributed by atoms with Crippen LogP contribution in [0.25, 0.3) is 10.9 Å². The van der Waals surface area contributed by atoms with Crippen molar-refractivity contribution in [1.29, 1.82) is 0 Å². The first-order chi connectivity index (χ1) is 10.5. The fraction of sp³-hybridized carbons (Fsp3) is 0.333. The van der Waals surface area contributed by atoms with E-state index in [0.717, 1.165) is 18.4 Å². The fourth-order valence-corrected chi connectivity index (χ4v) is 2.99. The Bertz CT molecular complexity index is 812. The van der Waals surface area contributed by atoms with E-state index in [9.17, 15) is 9.59 Å². The first-order valence-corrected chi connectivity index (χ1v) is 7.47. The number of H-pyrrole nitrogens is 1. The maximum Gasteiger partial charge on any atom is 0.341 e. The number of hydrogen-bond acceptors (Lipinski definition) is 4. The predicted molar refractivity (Wildman–Crippen MR) is 86.1 cm³/mol. The Morgan fingerprint density at radius 2 is 2.23 bits per heavy atom. The van der Waals surface area contributed by atoms with Gasteiger partial charge in [0.25, 0.3) is 0 Å². The number of aromatic amines is 1. The molecule has 1 saturated carbocycles. The van der Waals surface area contributed by atoms with Gasteiger partial charge in [0.15, 0.2) is 0 Å². The minimum atomic E-state index is -1.25. The van der Waals surface area contributed by atoms with Crippen LogP contribution in [0, 0.1) is 0 Å². The smallest absolute Gasteiger partial charge is 0.341 e. The Morgan fingerprint density at radius 1 is 1.50 bits per heavy atom. The number of rotatable bonds is 5. The van der Waals surface area contributed by atoms with Crippen LogP contribution in [-0.4, -0.2) is 29.1 Å². The average Bonchev–Trinajstić information content (AvgIpc) is 3.30. The molecule has 3 rings (SSSR count). The van der Waals surface area contributed by atoms with E-state index in [4.69, 9.17) is 22.4 Å². The summed E-state index contributed by atoms with van der Waals surface area (Å²) in [5.74, 6) is -0.941. The van der Waals surface area contributed by atoms with Crippen LogP contribution in [0.4, 0.5) is 5.69 Å². The zero-order chi connectivity index (χ0) is 15.9. The summed E-state index contributed by atoms with van der Waals surface area (Å²) in [6.07, 6.45) is 3.26. The van der Waals surface area contributed by atoms with Gasteiger partial charge in [0, 0.05) is 30.2 Å². The van der Waals surface area contributed by atoms with E-state index >= 15 is 0 Å². The summed E-state index contributed by atoms with van der Waals surface area (Å²) in [7, 11) is 0. The van der Waals surface area contributed by atoms with E-state index < -0.39 is 11.4 Å². The molecule has 2 aromatic rings. The number of carboxylic acids is 1. The van der Waals surface area contributed by atoms with Gasteiger partial charge in [-0.3, -0.25) is 4.79 Å². The third-order valence-electron chi connectivity index (χ3n) is 3.83. The molecule has 7 heteroatoms. The molecule has 0 spiro atoms. The number of anilines is 1. The molecule has 1 heterocycles. The third kappa shape index (κ3) is 2.44. The summed E-state index contributed by atoms with van der Waals surface area (Å²) in [6, 6.07) is 1.60. The first kappa shape index (κ1) is 14.9. The standard InChI is InChI=1S/C15H16ClN3O3/c16-12-10(18-4-3-17)5-8-13(11(12)7-1-2-7)19-6-9(14(8)20)15(21)22/h5-7,18H,1-4,17H2,(H,19,20)(H,21,22). The molecule has 1 aromatic heterocycles. The lowest BCUT2D eigenvalue weighted by Crippen LogP contribution is -2.17. The topological polar surface area (TPSA) is 108 Å². The minimum absolute atomic E-state index is 0.277. The molecule has 5 N–H and O–H groups in total. The van der Waals surface area contributed by atoms with E-state index in [0.29, 0.717) is 40.6 Å². The molecule has 1 fully saturated rings. The Morgan fingerprint density at radius 3 is 2.82 bits per heavy atom. The summed E-state index contributed by atoms with van der Waals surface area (Å²) in [5.41, 5.74) is 6.84. The summed E-state index contributed by atoms with van der Waals surface area (Å²) in [4.78, 5) is 26.5. The second-order valence-corrected chi connectivity index (χ2v) is 5.78. The molecule has 116 valence electrons. The van der Waals surface area contributed by atoms with Crippen molar-refractivity contribution < 1.29 is 9.90 Å². The highest BCUT2D eigenvalue weighted by Gasteiger charge is 2.30. The molecule has 22 heavy (non-hydrogen) atoms. The SMILES string of the molecule is NCCNc1cc2c(=O)c(C(=O)O)c[nH]c2c(C2CC2)c1Cl. The molecular formula is C15H16ClN3O3. The van der Waals surface area contributed by atoms with E-state index in [1.807, 2.05) is 0 Å². The second kappa shape index (κ2) is 5.62. The van der Waals surface area contributed by atoms with Crippen LogP contribution < -0.4 is 16.5 Å². The van der Waals surface area contributed by atoms with E-state index in [1.54, 1.807) is 6.07 Å². The average molecular weight is 322 g/mol. The molecule has 0 unspecified atom stereocenters. The first-order valence-electron chi connectivity index (χ1n) is 7.09. The van der Waals surface area contributed by atoms with Crippen LogP contribution >= 0.6 is 11.6 Å². The molecular weight excluding hydrogens is 306 g/mol. The molecule has 0 atom stereocenters. The number of aromatic carboxylic acids is 1. The van der Waals surface area contributed by atoms with E-state index in [1.165, 1.54) is 6.20 Å². The highest BCUT2D eigenvalue weighted by atomic mass is 35.5. The number of halogens is 1. The summed E-state index contributed by atoms with van der Waals surface area (Å²) in [6.45, 7) is 0.949. The normalized spacial score (nSPS) is 14.3. The molecule has 0 radical (unpaired) electrons. The number of aromatic nitrogens is 1. The third-order valence-corrected chi connectivity index (χ3v) is 4.23. The van der Waals surface area contributed by atoms with Crippen molar-refractivity contribution in [2.45, 2.75) is 18.8 Å². The van der Waals surface area contributed by atoms with Gasteiger partial charge in [-0.1, -0.05) is 11.6 Å². The number of fused-ring (bicyclic) bond motifs is 1. The van der Waals surface area contributed by atoms with Gasteiger partial charge in [0.05, 0.1) is 16.2 Å². The number of benzene rings is 1. The number of pyridine rings is 1. The van der Waals surface area contributed by atoms with Crippen LogP contribution in [-0.2, 0) is 0 Å². The summed E-state index contributed by atoms with van der Waals surface area (Å²) in [5, 5.41) is 13.1. The highest BCUT2D eigenvalue weighted by Crippen LogP contribution is 2.47. The number of nitrogens with two attached hydrogens (primary N) is 1. The van der Waals surface area contributed by atoms with Crippen molar-refractivity contribution in [2.24, 2.45) is 5.73 Å². The van der Waals surface area contributed by atoms with Gasteiger partial charge >= 0.3 is 5.97 Å². The largest absolute Gasteiger partial charge is 0.477 e. The number of carboxylic acid groups (broad SMARTS) is 1. The molecule has 1 aromatic carbocycles. The number of carbonyl (C=O) groups is 1. The molecule has 0 bridgehead atoms. The number of hydrogen-bond donors (Lipinski definition) is 4. The van der Waals surface area contributed by atoms with Gasteiger partial charge in [0.1, 0.15) is 5.56 Å².